The van der Waals surface area contributed by atoms with Gasteiger partial charge in [-0.15, -0.1) is 11.3 Å². The van der Waals surface area contributed by atoms with E-state index in [1.54, 1.807) is 11.3 Å². The average Bonchev–Trinajstić information content (AvgIpc) is 3.73. The summed E-state index contributed by atoms with van der Waals surface area (Å²) in [6.07, 6.45) is 5.26. The summed E-state index contributed by atoms with van der Waals surface area (Å²) in [5, 5.41) is 8.08. The molecule has 0 amide bonds. The minimum atomic E-state index is -0.507. The molecule has 2 aromatic carbocycles. The van der Waals surface area contributed by atoms with Gasteiger partial charge in [0.05, 0.1) is 46.5 Å². The number of nitrogens with zero attached hydrogens (tertiary/aromatic N) is 5. The van der Waals surface area contributed by atoms with Gasteiger partial charge in [0.2, 0.25) is 0 Å². The van der Waals surface area contributed by atoms with E-state index in [0.717, 1.165) is 50.4 Å². The Hall–Kier alpha value is -4.02. The van der Waals surface area contributed by atoms with Crippen molar-refractivity contribution in [2.45, 2.75) is 24.2 Å². The van der Waals surface area contributed by atoms with Crippen LogP contribution in [0.5, 0.6) is 0 Å². The molecular weight excluding hydrogens is 508 g/mol. The van der Waals surface area contributed by atoms with Gasteiger partial charge < -0.3 is 15.2 Å². The third kappa shape index (κ3) is 3.62. The molecule has 1 saturated heterocycles. The highest BCUT2D eigenvalue weighted by Gasteiger charge is 2.57. The molecule has 8 nitrogen and oxygen atoms in total. The first kappa shape index (κ1) is 22.9. The number of fused-ring (bicyclic) bond motifs is 3. The predicted octanol–water partition coefficient (Wildman–Crippen LogP) is 4.64. The van der Waals surface area contributed by atoms with E-state index in [-0.39, 0.29) is 0 Å². The van der Waals surface area contributed by atoms with Gasteiger partial charge in [-0.05, 0) is 35.4 Å². The number of hydrogen-bond acceptors (Lipinski definition) is 7. The number of nitrogens with two attached hydrogens (primary N) is 1. The Morgan fingerprint density at radius 2 is 1.72 bits per heavy atom. The molecule has 4 aromatic heterocycles. The van der Waals surface area contributed by atoms with Gasteiger partial charge in [0.15, 0.2) is 11.5 Å². The summed E-state index contributed by atoms with van der Waals surface area (Å²) in [4.78, 5) is 9.36. The minimum absolute atomic E-state index is 0.462. The highest BCUT2D eigenvalue weighted by atomic mass is 32.1. The van der Waals surface area contributed by atoms with E-state index in [4.69, 9.17) is 25.3 Å². The first-order chi connectivity index (χ1) is 19.1. The molecule has 9 heteroatoms. The third-order valence-electron chi connectivity index (χ3n) is 7.83. The van der Waals surface area contributed by atoms with E-state index in [1.807, 2.05) is 52.2 Å². The van der Waals surface area contributed by atoms with Crippen LogP contribution >= 0.6 is 11.3 Å². The van der Waals surface area contributed by atoms with Gasteiger partial charge in [0.1, 0.15) is 5.69 Å². The van der Waals surface area contributed by atoms with Crippen molar-refractivity contribution >= 4 is 27.9 Å². The Morgan fingerprint density at radius 1 is 0.923 bits per heavy atom. The van der Waals surface area contributed by atoms with Crippen molar-refractivity contribution < 1.29 is 13.9 Å². The van der Waals surface area contributed by atoms with E-state index in [2.05, 4.69) is 51.8 Å². The largest absolute Gasteiger partial charge is 0.347 e. The average molecular weight is 534 g/mol. The third-order valence-corrected chi connectivity index (χ3v) is 8.42. The van der Waals surface area contributed by atoms with E-state index < -0.39 is 11.3 Å². The molecule has 0 unspecified atom stereocenters. The van der Waals surface area contributed by atoms with E-state index in [1.165, 1.54) is 0 Å². The molecule has 0 radical (unpaired) electrons. The van der Waals surface area contributed by atoms with Crippen molar-refractivity contribution in [1.29, 1.82) is 0 Å². The minimum Gasteiger partial charge on any atom is -0.347 e. The zero-order valence-corrected chi connectivity index (χ0v) is 21.8. The molecule has 5 heterocycles. The Balaban J connectivity index is 1.28. The Morgan fingerprint density at radius 3 is 2.46 bits per heavy atom. The molecule has 6 aromatic rings. The summed E-state index contributed by atoms with van der Waals surface area (Å²) < 4.78 is 15.7. The van der Waals surface area contributed by atoms with Crippen molar-refractivity contribution in [2.24, 2.45) is 5.73 Å². The maximum Gasteiger partial charge on any atom is 0.333 e. The number of ether oxygens (including phenoxy) is 2. The van der Waals surface area contributed by atoms with Crippen molar-refractivity contribution in [3.8, 4) is 28.3 Å². The molecule has 8 rings (SSSR count). The molecule has 2 N–H and O–H groups in total. The summed E-state index contributed by atoms with van der Waals surface area (Å²) in [5.41, 5.74) is 15.0. The van der Waals surface area contributed by atoms with Gasteiger partial charge in [-0.25, -0.2) is 4.98 Å². The van der Waals surface area contributed by atoms with Crippen molar-refractivity contribution in [3.05, 3.63) is 95.6 Å². The second kappa shape index (κ2) is 8.49. The van der Waals surface area contributed by atoms with Crippen LogP contribution in [0.3, 0.4) is 0 Å². The highest BCUT2D eigenvalue weighted by molar-refractivity contribution is 7.07. The second-order valence-corrected chi connectivity index (χ2v) is 11.0. The zero-order chi connectivity index (χ0) is 26.0. The molecule has 1 saturated carbocycles. The van der Waals surface area contributed by atoms with Crippen LogP contribution in [0.25, 0.3) is 44.9 Å². The van der Waals surface area contributed by atoms with Crippen molar-refractivity contribution in [3.63, 3.8) is 0 Å². The fourth-order valence-corrected chi connectivity index (χ4v) is 6.46. The van der Waals surface area contributed by atoms with Crippen LogP contribution in [-0.4, -0.2) is 38.7 Å². The molecule has 192 valence electrons. The summed E-state index contributed by atoms with van der Waals surface area (Å²) in [5.74, 6) is 0.265. The number of aromatic nitrogens is 5. The first-order valence-electron chi connectivity index (χ1n) is 13.0. The van der Waals surface area contributed by atoms with Crippen LogP contribution in [0.4, 0.5) is 0 Å². The Kier molecular flexibility index (Phi) is 4.99. The molecule has 0 bridgehead atoms. The lowest BCUT2D eigenvalue weighted by molar-refractivity contribution is -0.498. The van der Waals surface area contributed by atoms with E-state index in [0.29, 0.717) is 26.1 Å². The molecule has 2 fully saturated rings. The number of rotatable bonds is 4. The van der Waals surface area contributed by atoms with Crippen LogP contribution in [0.1, 0.15) is 18.4 Å². The smallest absolute Gasteiger partial charge is 0.333 e. The molecule has 39 heavy (non-hydrogen) atoms. The monoisotopic (exact) mass is 533 g/mol. The van der Waals surface area contributed by atoms with Gasteiger partial charge in [0, 0.05) is 30.0 Å². The maximum absolute atomic E-state index is 6.77. The van der Waals surface area contributed by atoms with Crippen LogP contribution in [-0.2, 0) is 15.0 Å². The van der Waals surface area contributed by atoms with Gasteiger partial charge in [0.25, 0.3) is 5.65 Å². The van der Waals surface area contributed by atoms with Crippen LogP contribution in [0.15, 0.2) is 90.0 Å². The topological polar surface area (TPSA) is 92.2 Å². The molecule has 2 aliphatic rings. The Labute approximate surface area is 228 Å². The van der Waals surface area contributed by atoms with Crippen LogP contribution < -0.4 is 10.1 Å². The molecule has 1 spiro atoms. The summed E-state index contributed by atoms with van der Waals surface area (Å²) in [6.45, 7) is 1.27. The van der Waals surface area contributed by atoms with Gasteiger partial charge in [-0.3, -0.25) is 4.98 Å². The van der Waals surface area contributed by atoms with Crippen LogP contribution in [0.2, 0.25) is 0 Å². The number of hydrogen-bond donors (Lipinski definition) is 1. The predicted molar refractivity (Wildman–Crippen MR) is 148 cm³/mol. The van der Waals surface area contributed by atoms with Gasteiger partial charge in [-0.2, -0.15) is 4.40 Å². The number of pyridine rings is 2. The van der Waals surface area contributed by atoms with E-state index in [9.17, 15) is 0 Å². The Bertz CT molecular complexity index is 1820. The van der Waals surface area contributed by atoms with Gasteiger partial charge >= 0.3 is 5.82 Å². The highest BCUT2D eigenvalue weighted by Crippen LogP contribution is 2.51. The quantitative estimate of drug-likeness (QED) is 0.332. The van der Waals surface area contributed by atoms with Crippen molar-refractivity contribution in [2.75, 3.05) is 13.2 Å². The second-order valence-electron chi connectivity index (χ2n) is 10.3. The van der Waals surface area contributed by atoms with Crippen LogP contribution in [0, 0.1) is 0 Å². The summed E-state index contributed by atoms with van der Waals surface area (Å²) in [6, 6.07) is 22.9. The van der Waals surface area contributed by atoms with Crippen molar-refractivity contribution in [1.82, 2.24) is 19.7 Å². The normalized spacial score (nSPS) is 17.7. The molecule has 0 atom stereocenters. The molecule has 1 aliphatic heterocycles. The van der Waals surface area contributed by atoms with E-state index >= 15 is 0 Å². The maximum atomic E-state index is 6.77. The fraction of sp³-hybridized carbons (Fsp3) is 0.200. The zero-order valence-electron chi connectivity index (χ0n) is 21.0. The summed E-state index contributed by atoms with van der Waals surface area (Å²) in [7, 11) is 0. The van der Waals surface area contributed by atoms with Gasteiger partial charge in [-0.1, -0.05) is 47.1 Å². The molecule has 1 aliphatic carbocycles. The number of benzene rings is 2. The summed E-state index contributed by atoms with van der Waals surface area (Å²) >= 11 is 1.55. The lowest BCUT2D eigenvalue weighted by Crippen LogP contribution is -2.60. The lowest BCUT2D eigenvalue weighted by atomic mass is 9.68. The number of thiazole rings is 1. The molecular formula is C30H25N6O2S+. The fourth-order valence-electron chi connectivity index (χ4n) is 5.93. The SMILES string of the molecule is NC1(c2ccc(-n3nc(-c4cscn4)[n+]4ccc5ncc(-c6ccccc6)cc5c34)cc2)CC2(C1)OCCO2. The first-order valence-corrected chi connectivity index (χ1v) is 13.9. The lowest BCUT2D eigenvalue weighted by Gasteiger charge is -2.50. The standard InChI is InChI=1S/C30H25N6O2S/c31-29(17-30(18-29)37-12-13-38-30)22-6-8-23(9-7-22)36-28-24-14-21(20-4-2-1-3-5-20)15-32-25(24)10-11-35(28)27(34-36)26-16-39-19-33-26/h1-11,14-16,19H,12-13,17-18,31H2/q+1.